The molecule has 0 aliphatic heterocycles. The fourth-order valence-electron chi connectivity index (χ4n) is 1.92. The monoisotopic (exact) mass is 248 g/mol. The van der Waals surface area contributed by atoms with E-state index in [9.17, 15) is 9.59 Å². The zero-order chi connectivity index (χ0) is 13.1. The number of H-pyrrole nitrogens is 1. The number of aromatic amines is 1. The molecule has 1 heterocycles. The van der Waals surface area contributed by atoms with Gasteiger partial charge in [-0.05, 0) is 38.1 Å². The molecular weight excluding hydrogens is 232 g/mol. The number of carbonyl (C=O) groups is 1. The lowest BCUT2D eigenvalue weighted by Crippen LogP contribution is -2.26. The number of oxazole rings is 1. The van der Waals surface area contributed by atoms with Crippen molar-refractivity contribution < 1.29 is 9.21 Å². The summed E-state index contributed by atoms with van der Waals surface area (Å²) in [5, 5.41) is 0. The van der Waals surface area contributed by atoms with Gasteiger partial charge in [-0.25, -0.2) is 4.79 Å². The van der Waals surface area contributed by atoms with Crippen molar-refractivity contribution in [3.05, 3.63) is 34.3 Å². The Morgan fingerprint density at radius 3 is 2.94 bits per heavy atom. The zero-order valence-corrected chi connectivity index (χ0v) is 10.5. The van der Waals surface area contributed by atoms with Gasteiger partial charge in [0.1, 0.15) is 5.78 Å². The van der Waals surface area contributed by atoms with E-state index in [1.54, 1.807) is 6.92 Å². The lowest BCUT2D eigenvalue weighted by atomic mass is 10.1. The minimum Gasteiger partial charge on any atom is -0.408 e. The average molecular weight is 248 g/mol. The molecule has 0 saturated carbocycles. The molecule has 1 N–H and O–H groups in total. The Hall–Kier alpha value is -1.88. The first-order chi connectivity index (χ1) is 8.54. The summed E-state index contributed by atoms with van der Waals surface area (Å²) < 4.78 is 5.00. The maximum Gasteiger partial charge on any atom is 0.417 e. The topological polar surface area (TPSA) is 66.3 Å². The molecule has 0 radical (unpaired) electrons. The Bertz CT molecular complexity index is 612. The Labute approximate surface area is 104 Å². The summed E-state index contributed by atoms with van der Waals surface area (Å²) in [6.45, 7) is 2.83. The quantitative estimate of drug-likeness (QED) is 0.863. The molecule has 0 unspecified atom stereocenters. The van der Waals surface area contributed by atoms with E-state index in [1.165, 1.54) is 0 Å². The molecule has 0 bridgehead atoms. The number of fused-ring (bicyclic) bond motifs is 1. The number of aromatic nitrogens is 1. The third-order valence-corrected chi connectivity index (χ3v) is 2.76. The molecule has 2 aromatic rings. The number of carbonyl (C=O) groups excluding carboxylic acids is 1. The second-order valence-corrected chi connectivity index (χ2v) is 4.53. The van der Waals surface area contributed by atoms with Crippen LogP contribution in [0.3, 0.4) is 0 Å². The van der Waals surface area contributed by atoms with Crippen molar-refractivity contribution in [2.75, 3.05) is 20.1 Å². The Balaban J connectivity index is 2.03. The van der Waals surface area contributed by atoms with Crippen LogP contribution in [0.5, 0.6) is 0 Å². The molecule has 18 heavy (non-hydrogen) atoms. The summed E-state index contributed by atoms with van der Waals surface area (Å²) in [5.41, 5.74) is 2.37. The summed E-state index contributed by atoms with van der Waals surface area (Å²) in [6.07, 6.45) is 0.814. The summed E-state index contributed by atoms with van der Waals surface area (Å²) in [4.78, 5) is 26.5. The van der Waals surface area contributed by atoms with Crippen LogP contribution in [0, 0.1) is 0 Å². The normalized spacial score (nSPS) is 11.3. The van der Waals surface area contributed by atoms with Crippen molar-refractivity contribution in [1.82, 2.24) is 9.88 Å². The van der Waals surface area contributed by atoms with Crippen molar-refractivity contribution in [1.29, 1.82) is 0 Å². The molecule has 0 saturated heterocycles. The number of nitrogens with one attached hydrogen (secondary N) is 1. The molecule has 0 atom stereocenters. The van der Waals surface area contributed by atoms with Crippen molar-refractivity contribution in [3.63, 3.8) is 0 Å². The highest BCUT2D eigenvalue weighted by Gasteiger charge is 2.05. The number of rotatable bonds is 5. The van der Waals surface area contributed by atoms with Gasteiger partial charge < -0.3 is 4.42 Å². The van der Waals surface area contributed by atoms with Crippen LogP contribution in [0.4, 0.5) is 0 Å². The smallest absolute Gasteiger partial charge is 0.408 e. The molecule has 1 aromatic heterocycles. The molecular formula is C13H16N2O3. The van der Waals surface area contributed by atoms with Crippen molar-refractivity contribution in [2.45, 2.75) is 13.3 Å². The molecule has 0 amide bonds. The van der Waals surface area contributed by atoms with Crippen LogP contribution in [-0.4, -0.2) is 35.8 Å². The van der Waals surface area contributed by atoms with Gasteiger partial charge in [-0.2, -0.15) is 0 Å². The predicted molar refractivity (Wildman–Crippen MR) is 68.7 cm³/mol. The van der Waals surface area contributed by atoms with E-state index in [2.05, 4.69) is 4.98 Å². The maximum absolute atomic E-state index is 11.0. The van der Waals surface area contributed by atoms with Gasteiger partial charge in [0, 0.05) is 6.54 Å². The van der Waals surface area contributed by atoms with E-state index in [4.69, 9.17) is 4.42 Å². The van der Waals surface area contributed by atoms with Gasteiger partial charge in [-0.3, -0.25) is 14.7 Å². The lowest BCUT2D eigenvalue weighted by Gasteiger charge is -2.14. The first-order valence-corrected chi connectivity index (χ1v) is 5.84. The SMILES string of the molecule is CC(=O)CN(C)CCc1ccc2[nH]c(=O)oc2c1. The third kappa shape index (κ3) is 3.07. The zero-order valence-electron chi connectivity index (χ0n) is 10.5. The van der Waals surface area contributed by atoms with Crippen molar-refractivity contribution >= 4 is 16.9 Å². The van der Waals surface area contributed by atoms with Crippen LogP contribution in [0.15, 0.2) is 27.4 Å². The fourth-order valence-corrected chi connectivity index (χ4v) is 1.92. The summed E-state index contributed by atoms with van der Waals surface area (Å²) in [7, 11) is 1.91. The standard InChI is InChI=1S/C13H16N2O3/c1-9(16)8-15(2)6-5-10-3-4-11-12(7-10)18-13(17)14-11/h3-4,7H,5-6,8H2,1-2H3,(H,14,17). The van der Waals surface area contributed by atoms with E-state index >= 15 is 0 Å². The van der Waals surface area contributed by atoms with Gasteiger partial charge in [0.2, 0.25) is 0 Å². The molecule has 96 valence electrons. The molecule has 1 aromatic carbocycles. The summed E-state index contributed by atoms with van der Waals surface area (Å²) in [5.74, 6) is -0.277. The van der Waals surface area contributed by atoms with Gasteiger partial charge in [0.15, 0.2) is 5.58 Å². The number of hydrogen-bond donors (Lipinski definition) is 1. The molecule has 0 spiro atoms. The molecule has 0 aliphatic carbocycles. The van der Waals surface area contributed by atoms with E-state index in [-0.39, 0.29) is 5.78 Å². The average Bonchev–Trinajstić information content (AvgIpc) is 2.64. The molecule has 0 fully saturated rings. The van der Waals surface area contributed by atoms with Gasteiger partial charge in [0.25, 0.3) is 0 Å². The van der Waals surface area contributed by atoms with E-state index in [0.717, 1.165) is 18.5 Å². The van der Waals surface area contributed by atoms with Crippen LogP contribution in [0.1, 0.15) is 12.5 Å². The van der Waals surface area contributed by atoms with Crippen LogP contribution in [-0.2, 0) is 11.2 Å². The lowest BCUT2D eigenvalue weighted by molar-refractivity contribution is -0.117. The highest BCUT2D eigenvalue weighted by molar-refractivity contribution is 5.77. The Morgan fingerprint density at radius 2 is 2.22 bits per heavy atom. The molecule has 2 rings (SSSR count). The number of ketones is 1. The largest absolute Gasteiger partial charge is 0.417 e. The first kappa shape index (κ1) is 12.6. The van der Waals surface area contributed by atoms with E-state index in [1.807, 2.05) is 30.1 Å². The van der Waals surface area contributed by atoms with Gasteiger partial charge in [0.05, 0.1) is 12.1 Å². The van der Waals surface area contributed by atoms with Crippen LogP contribution >= 0.6 is 0 Å². The second kappa shape index (κ2) is 5.18. The van der Waals surface area contributed by atoms with Gasteiger partial charge >= 0.3 is 5.76 Å². The van der Waals surface area contributed by atoms with Gasteiger partial charge in [-0.1, -0.05) is 6.07 Å². The summed E-state index contributed by atoms with van der Waals surface area (Å²) >= 11 is 0. The number of likely N-dealkylation sites (N-methyl/N-ethyl adjacent to an activating group) is 1. The third-order valence-electron chi connectivity index (χ3n) is 2.76. The fraction of sp³-hybridized carbons (Fsp3) is 0.385. The summed E-state index contributed by atoms with van der Waals surface area (Å²) in [6, 6.07) is 5.64. The number of nitrogens with zero attached hydrogens (tertiary/aromatic N) is 1. The van der Waals surface area contributed by atoms with E-state index in [0.29, 0.717) is 17.6 Å². The minimum absolute atomic E-state index is 0.157. The van der Waals surface area contributed by atoms with Crippen molar-refractivity contribution in [2.24, 2.45) is 0 Å². The van der Waals surface area contributed by atoms with Crippen molar-refractivity contribution in [3.8, 4) is 0 Å². The van der Waals surface area contributed by atoms with E-state index < -0.39 is 5.76 Å². The Morgan fingerprint density at radius 1 is 1.44 bits per heavy atom. The molecule has 0 aliphatic rings. The van der Waals surface area contributed by atoms with Crippen LogP contribution < -0.4 is 5.76 Å². The van der Waals surface area contributed by atoms with Crippen LogP contribution in [0.25, 0.3) is 11.1 Å². The molecule has 5 heteroatoms. The van der Waals surface area contributed by atoms with Crippen LogP contribution in [0.2, 0.25) is 0 Å². The molecule has 5 nitrogen and oxygen atoms in total. The predicted octanol–water partition coefficient (Wildman–Crippen LogP) is 1.18. The number of benzene rings is 1. The Kier molecular flexibility index (Phi) is 3.62. The highest BCUT2D eigenvalue weighted by atomic mass is 16.4. The number of Topliss-reactive ketones (excluding diaryl/α,β-unsaturated/α-hetero) is 1. The second-order valence-electron chi connectivity index (χ2n) is 4.53. The minimum atomic E-state index is -0.434. The highest BCUT2D eigenvalue weighted by Crippen LogP contribution is 2.12. The maximum atomic E-state index is 11.0. The van der Waals surface area contributed by atoms with Gasteiger partial charge in [-0.15, -0.1) is 0 Å². The number of hydrogen-bond acceptors (Lipinski definition) is 4. The first-order valence-electron chi connectivity index (χ1n) is 5.84.